The molecule has 1 saturated carbocycles. The monoisotopic (exact) mass is 548 g/mol. The maximum Gasteiger partial charge on any atom is 0.222 e. The highest BCUT2D eigenvalue weighted by atomic mass is 127. The first kappa shape index (κ1) is 22.5. The van der Waals surface area contributed by atoms with Gasteiger partial charge in [0.2, 0.25) is 5.91 Å². The minimum Gasteiger partial charge on any atom is -0.357 e. The van der Waals surface area contributed by atoms with Gasteiger partial charge in [-0.3, -0.25) is 9.79 Å². The van der Waals surface area contributed by atoms with Gasteiger partial charge in [-0.25, -0.2) is 0 Å². The molecule has 1 aliphatic heterocycles. The average molecular weight is 549 g/mol. The third kappa shape index (κ3) is 5.59. The molecule has 1 aromatic rings. The maximum atomic E-state index is 11.9. The molecular formula is C20H30BrIN4O. The molecule has 1 heterocycles. The Morgan fingerprint density at radius 1 is 1.33 bits per heavy atom. The SMILES string of the molecule is CCNC(=NCC1(c2ccccc2Br)CC1)NC1CCN(C(=O)CC)C1.I. The van der Waals surface area contributed by atoms with Gasteiger partial charge in [-0.1, -0.05) is 41.1 Å². The zero-order chi connectivity index (χ0) is 18.6. The molecule has 2 N–H and O–H groups in total. The molecule has 1 amide bonds. The summed E-state index contributed by atoms with van der Waals surface area (Å²) in [5, 5.41) is 6.88. The number of rotatable bonds is 6. The summed E-state index contributed by atoms with van der Waals surface area (Å²) in [6.07, 6.45) is 3.92. The lowest BCUT2D eigenvalue weighted by molar-refractivity contribution is -0.129. The second-order valence-corrected chi connectivity index (χ2v) is 8.13. The Kier molecular flexibility index (Phi) is 8.39. The molecular weight excluding hydrogens is 519 g/mol. The van der Waals surface area contributed by atoms with E-state index in [2.05, 4.69) is 57.8 Å². The summed E-state index contributed by atoms with van der Waals surface area (Å²) in [7, 11) is 0. The highest BCUT2D eigenvalue weighted by molar-refractivity contribution is 14.0. The molecule has 7 heteroatoms. The highest BCUT2D eigenvalue weighted by Crippen LogP contribution is 2.50. The van der Waals surface area contributed by atoms with Crippen LogP contribution in [0.15, 0.2) is 33.7 Å². The summed E-state index contributed by atoms with van der Waals surface area (Å²) in [5.41, 5.74) is 1.53. The maximum absolute atomic E-state index is 11.9. The van der Waals surface area contributed by atoms with Crippen molar-refractivity contribution in [2.45, 2.75) is 51.0 Å². The van der Waals surface area contributed by atoms with Gasteiger partial charge in [0, 0.05) is 42.0 Å². The number of nitrogens with zero attached hydrogens (tertiary/aromatic N) is 2. The Hall–Kier alpha value is -0.830. The van der Waals surface area contributed by atoms with E-state index < -0.39 is 0 Å². The molecule has 27 heavy (non-hydrogen) atoms. The van der Waals surface area contributed by atoms with Gasteiger partial charge in [-0.05, 0) is 37.8 Å². The van der Waals surface area contributed by atoms with E-state index in [-0.39, 0.29) is 41.3 Å². The molecule has 0 aromatic heterocycles. The molecule has 2 fully saturated rings. The van der Waals surface area contributed by atoms with Crippen LogP contribution in [0.5, 0.6) is 0 Å². The molecule has 1 atom stereocenters. The van der Waals surface area contributed by atoms with Gasteiger partial charge in [0.15, 0.2) is 5.96 Å². The van der Waals surface area contributed by atoms with Gasteiger partial charge in [0.1, 0.15) is 0 Å². The highest BCUT2D eigenvalue weighted by Gasteiger charge is 2.45. The Balaban J connectivity index is 0.00000261. The smallest absolute Gasteiger partial charge is 0.222 e. The van der Waals surface area contributed by atoms with Gasteiger partial charge in [0.05, 0.1) is 6.54 Å². The van der Waals surface area contributed by atoms with Crippen LogP contribution in [0, 0.1) is 0 Å². The van der Waals surface area contributed by atoms with E-state index in [1.165, 1.54) is 22.9 Å². The van der Waals surface area contributed by atoms with E-state index in [0.717, 1.165) is 38.6 Å². The number of nitrogens with one attached hydrogen (secondary N) is 2. The molecule has 1 unspecified atom stereocenters. The van der Waals surface area contributed by atoms with Gasteiger partial charge in [0.25, 0.3) is 0 Å². The zero-order valence-corrected chi connectivity index (χ0v) is 20.0. The first-order chi connectivity index (χ1) is 12.6. The van der Waals surface area contributed by atoms with Crippen molar-refractivity contribution >= 4 is 51.8 Å². The number of amides is 1. The van der Waals surface area contributed by atoms with Gasteiger partial charge >= 0.3 is 0 Å². The van der Waals surface area contributed by atoms with Crippen LogP contribution in [-0.4, -0.2) is 49.0 Å². The van der Waals surface area contributed by atoms with Crippen molar-refractivity contribution < 1.29 is 4.79 Å². The number of likely N-dealkylation sites (tertiary alicyclic amines) is 1. The second-order valence-electron chi connectivity index (χ2n) is 7.28. The Morgan fingerprint density at radius 2 is 2.07 bits per heavy atom. The minimum atomic E-state index is 0. The largest absolute Gasteiger partial charge is 0.357 e. The van der Waals surface area contributed by atoms with Gasteiger partial charge < -0.3 is 15.5 Å². The van der Waals surface area contributed by atoms with Crippen molar-refractivity contribution in [3.63, 3.8) is 0 Å². The lowest BCUT2D eigenvalue weighted by Crippen LogP contribution is -2.45. The Labute approximate surface area is 187 Å². The summed E-state index contributed by atoms with van der Waals surface area (Å²) in [5.74, 6) is 1.10. The third-order valence-electron chi connectivity index (χ3n) is 5.37. The van der Waals surface area contributed by atoms with Gasteiger partial charge in [-0.15, -0.1) is 24.0 Å². The summed E-state index contributed by atoms with van der Waals surface area (Å²) >= 11 is 3.69. The molecule has 0 spiro atoms. The minimum absolute atomic E-state index is 0. The second kappa shape index (κ2) is 10.1. The first-order valence-corrected chi connectivity index (χ1v) is 10.4. The van der Waals surface area contributed by atoms with Crippen molar-refractivity contribution in [2.75, 3.05) is 26.2 Å². The first-order valence-electron chi connectivity index (χ1n) is 9.65. The quantitative estimate of drug-likeness (QED) is 0.324. The van der Waals surface area contributed by atoms with Crippen molar-refractivity contribution in [1.29, 1.82) is 0 Å². The number of aliphatic imine (C=N–C) groups is 1. The average Bonchev–Trinajstić information content (AvgIpc) is 3.29. The summed E-state index contributed by atoms with van der Waals surface area (Å²) in [4.78, 5) is 18.7. The molecule has 3 rings (SSSR count). The van der Waals surface area contributed by atoms with E-state index in [9.17, 15) is 4.79 Å². The van der Waals surface area contributed by atoms with E-state index in [1.54, 1.807) is 0 Å². The molecule has 2 aliphatic rings. The van der Waals surface area contributed by atoms with Crippen LogP contribution >= 0.6 is 39.9 Å². The fourth-order valence-electron chi connectivity index (χ4n) is 3.63. The third-order valence-corrected chi connectivity index (χ3v) is 6.06. The molecule has 1 saturated heterocycles. The van der Waals surface area contributed by atoms with E-state index in [4.69, 9.17) is 4.99 Å². The number of benzene rings is 1. The van der Waals surface area contributed by atoms with Crippen molar-refractivity contribution in [3.05, 3.63) is 34.3 Å². The fourth-order valence-corrected chi connectivity index (χ4v) is 4.33. The number of carbonyl (C=O) groups excluding carboxylic acids is 1. The van der Waals surface area contributed by atoms with Crippen LogP contribution in [0.4, 0.5) is 0 Å². The lowest BCUT2D eigenvalue weighted by Gasteiger charge is -2.20. The predicted molar refractivity (Wildman–Crippen MR) is 125 cm³/mol. The molecule has 0 radical (unpaired) electrons. The van der Waals surface area contributed by atoms with Crippen LogP contribution in [-0.2, 0) is 10.2 Å². The van der Waals surface area contributed by atoms with E-state index >= 15 is 0 Å². The normalized spacial score (nSPS) is 20.8. The molecule has 1 aromatic carbocycles. The lowest BCUT2D eigenvalue weighted by atomic mass is 9.96. The zero-order valence-electron chi connectivity index (χ0n) is 16.1. The van der Waals surface area contributed by atoms with Crippen LogP contribution in [0.25, 0.3) is 0 Å². The molecule has 0 bridgehead atoms. The Bertz CT molecular complexity index is 678. The van der Waals surface area contributed by atoms with Crippen molar-refractivity contribution in [3.8, 4) is 0 Å². The Morgan fingerprint density at radius 3 is 2.70 bits per heavy atom. The molecule has 150 valence electrons. The summed E-state index contributed by atoms with van der Waals surface area (Å²) in [6.45, 7) is 7.23. The van der Waals surface area contributed by atoms with E-state index in [0.29, 0.717) is 6.42 Å². The molecule has 1 aliphatic carbocycles. The van der Waals surface area contributed by atoms with E-state index in [1.807, 2.05) is 11.8 Å². The predicted octanol–water partition coefficient (Wildman–Crippen LogP) is 3.66. The van der Waals surface area contributed by atoms with Crippen LogP contribution in [0.3, 0.4) is 0 Å². The number of hydrogen-bond acceptors (Lipinski definition) is 2. The number of guanidine groups is 1. The fraction of sp³-hybridized carbons (Fsp3) is 0.600. The number of halogens is 2. The standard InChI is InChI=1S/C20H29BrN4O.HI/c1-3-18(26)25-12-9-15(13-25)24-19(22-4-2)23-14-20(10-11-20)16-7-5-6-8-17(16)21;/h5-8,15H,3-4,9-14H2,1-2H3,(H2,22,23,24);1H. The number of carbonyl (C=O) groups is 1. The number of hydrogen-bond donors (Lipinski definition) is 2. The van der Waals surface area contributed by atoms with Crippen molar-refractivity contribution in [2.24, 2.45) is 4.99 Å². The van der Waals surface area contributed by atoms with Crippen LogP contribution in [0.1, 0.15) is 45.1 Å². The molecule has 5 nitrogen and oxygen atoms in total. The summed E-state index contributed by atoms with van der Waals surface area (Å²) < 4.78 is 1.18. The van der Waals surface area contributed by atoms with Crippen molar-refractivity contribution in [1.82, 2.24) is 15.5 Å². The van der Waals surface area contributed by atoms with Gasteiger partial charge in [-0.2, -0.15) is 0 Å². The summed E-state index contributed by atoms with van der Waals surface area (Å²) in [6, 6.07) is 8.76. The topological polar surface area (TPSA) is 56.7 Å². The van der Waals surface area contributed by atoms with Crippen LogP contribution in [0.2, 0.25) is 0 Å². The van der Waals surface area contributed by atoms with Crippen LogP contribution < -0.4 is 10.6 Å².